The van der Waals surface area contributed by atoms with Crippen LogP contribution in [-0.4, -0.2) is 5.78 Å². The Kier molecular flexibility index (Phi) is 4.22. The lowest BCUT2D eigenvalue weighted by molar-refractivity contribution is 0.103. The number of hydrogen-bond donors (Lipinski definition) is 1. The molecular formula is C21H15NO. The molecule has 0 spiro atoms. The van der Waals surface area contributed by atoms with Crippen molar-refractivity contribution in [3.63, 3.8) is 0 Å². The van der Waals surface area contributed by atoms with E-state index in [1.165, 1.54) is 0 Å². The Labute approximate surface area is 135 Å². The summed E-state index contributed by atoms with van der Waals surface area (Å²) in [5, 5.41) is 0. The van der Waals surface area contributed by atoms with Gasteiger partial charge in [-0.1, -0.05) is 42.2 Å². The number of benzene rings is 3. The number of rotatable bonds is 2. The van der Waals surface area contributed by atoms with Crippen molar-refractivity contribution in [2.75, 3.05) is 5.73 Å². The second-order valence-electron chi connectivity index (χ2n) is 5.15. The van der Waals surface area contributed by atoms with E-state index in [0.29, 0.717) is 16.8 Å². The van der Waals surface area contributed by atoms with Crippen molar-refractivity contribution < 1.29 is 4.79 Å². The van der Waals surface area contributed by atoms with Crippen LogP contribution in [0.5, 0.6) is 0 Å². The van der Waals surface area contributed by atoms with E-state index in [2.05, 4.69) is 11.8 Å². The molecule has 110 valence electrons. The first-order valence-electron chi connectivity index (χ1n) is 7.30. The molecule has 0 bridgehead atoms. The summed E-state index contributed by atoms with van der Waals surface area (Å²) in [5.41, 5.74) is 9.36. The molecule has 2 nitrogen and oxygen atoms in total. The van der Waals surface area contributed by atoms with E-state index in [1.54, 1.807) is 36.4 Å². The quantitative estimate of drug-likeness (QED) is 0.443. The molecule has 0 fully saturated rings. The number of ketones is 1. The topological polar surface area (TPSA) is 43.1 Å². The summed E-state index contributed by atoms with van der Waals surface area (Å²) >= 11 is 0. The first-order chi connectivity index (χ1) is 11.2. The van der Waals surface area contributed by atoms with Gasteiger partial charge >= 0.3 is 0 Å². The summed E-state index contributed by atoms with van der Waals surface area (Å²) in [4.78, 5) is 12.4. The molecule has 3 aromatic carbocycles. The van der Waals surface area contributed by atoms with E-state index in [1.807, 2.05) is 42.5 Å². The lowest BCUT2D eigenvalue weighted by Gasteiger charge is -2.02. The summed E-state index contributed by atoms with van der Waals surface area (Å²) in [6, 6.07) is 24.1. The monoisotopic (exact) mass is 297 g/mol. The molecule has 0 aliphatic rings. The zero-order chi connectivity index (χ0) is 16.1. The highest BCUT2D eigenvalue weighted by Crippen LogP contribution is 2.13. The third-order valence-electron chi connectivity index (χ3n) is 3.42. The number of hydrogen-bond acceptors (Lipinski definition) is 2. The predicted octanol–water partition coefficient (Wildman–Crippen LogP) is 3.90. The minimum absolute atomic E-state index is 0.0418. The molecule has 0 aliphatic heterocycles. The van der Waals surface area contributed by atoms with Gasteiger partial charge in [0.2, 0.25) is 0 Å². The van der Waals surface area contributed by atoms with Crippen molar-refractivity contribution in [1.82, 2.24) is 0 Å². The maximum atomic E-state index is 12.4. The smallest absolute Gasteiger partial charge is 0.193 e. The summed E-state index contributed by atoms with van der Waals surface area (Å²) < 4.78 is 0. The lowest BCUT2D eigenvalue weighted by Crippen LogP contribution is -2.01. The highest BCUT2D eigenvalue weighted by molar-refractivity contribution is 6.09. The summed E-state index contributed by atoms with van der Waals surface area (Å²) in [7, 11) is 0. The van der Waals surface area contributed by atoms with E-state index in [4.69, 9.17) is 5.73 Å². The summed E-state index contributed by atoms with van der Waals surface area (Å²) in [6.07, 6.45) is 0. The highest BCUT2D eigenvalue weighted by atomic mass is 16.1. The molecular weight excluding hydrogens is 282 g/mol. The third kappa shape index (κ3) is 3.66. The molecule has 0 heterocycles. The van der Waals surface area contributed by atoms with E-state index in [-0.39, 0.29) is 5.78 Å². The standard InChI is InChI=1S/C21H15NO/c22-20-8-4-7-19(15-20)21(23)18-13-11-17(12-14-18)10-9-16-5-2-1-3-6-16/h1-8,11-15H,22H2. The Morgan fingerprint density at radius 2 is 1.35 bits per heavy atom. The van der Waals surface area contributed by atoms with Crippen LogP contribution in [0.15, 0.2) is 78.9 Å². The van der Waals surface area contributed by atoms with Crippen molar-refractivity contribution in [3.8, 4) is 11.8 Å². The van der Waals surface area contributed by atoms with Crippen LogP contribution in [0.4, 0.5) is 5.69 Å². The SMILES string of the molecule is Nc1cccc(C(=O)c2ccc(C#Cc3ccccc3)cc2)c1. The van der Waals surface area contributed by atoms with Crippen molar-refractivity contribution in [1.29, 1.82) is 0 Å². The van der Waals surface area contributed by atoms with Crippen LogP contribution in [0.3, 0.4) is 0 Å². The Morgan fingerprint density at radius 3 is 2.00 bits per heavy atom. The van der Waals surface area contributed by atoms with Crippen LogP contribution >= 0.6 is 0 Å². The average molecular weight is 297 g/mol. The number of nitrogen functional groups attached to an aromatic ring is 1. The fraction of sp³-hybridized carbons (Fsp3) is 0. The Hall–Kier alpha value is -3.31. The van der Waals surface area contributed by atoms with Crippen molar-refractivity contribution in [2.45, 2.75) is 0 Å². The van der Waals surface area contributed by atoms with E-state index in [0.717, 1.165) is 11.1 Å². The van der Waals surface area contributed by atoms with Gasteiger partial charge in [-0.25, -0.2) is 0 Å². The van der Waals surface area contributed by atoms with Gasteiger partial charge in [0, 0.05) is 27.9 Å². The zero-order valence-electron chi connectivity index (χ0n) is 12.5. The molecule has 0 saturated carbocycles. The van der Waals surface area contributed by atoms with Gasteiger partial charge in [-0.15, -0.1) is 0 Å². The molecule has 0 aliphatic carbocycles. The Balaban J connectivity index is 1.80. The molecule has 0 aromatic heterocycles. The largest absolute Gasteiger partial charge is 0.399 e. The normalized spacial score (nSPS) is 9.74. The predicted molar refractivity (Wildman–Crippen MR) is 93.2 cm³/mol. The second-order valence-corrected chi connectivity index (χ2v) is 5.15. The van der Waals surface area contributed by atoms with Crippen LogP contribution in [-0.2, 0) is 0 Å². The van der Waals surface area contributed by atoms with Crippen molar-refractivity contribution in [3.05, 3.63) is 101 Å². The average Bonchev–Trinajstić information content (AvgIpc) is 2.61. The van der Waals surface area contributed by atoms with Crippen molar-refractivity contribution >= 4 is 11.5 Å². The summed E-state index contributed by atoms with van der Waals surface area (Å²) in [6.45, 7) is 0. The number of carbonyl (C=O) groups excluding carboxylic acids is 1. The number of carbonyl (C=O) groups is 1. The van der Waals surface area contributed by atoms with Crippen LogP contribution in [0, 0.1) is 11.8 Å². The molecule has 0 unspecified atom stereocenters. The van der Waals surface area contributed by atoms with Gasteiger partial charge in [0.05, 0.1) is 0 Å². The van der Waals surface area contributed by atoms with Crippen LogP contribution in [0.1, 0.15) is 27.0 Å². The number of nitrogens with two attached hydrogens (primary N) is 1. The lowest BCUT2D eigenvalue weighted by atomic mass is 10.0. The van der Waals surface area contributed by atoms with Crippen LogP contribution in [0.2, 0.25) is 0 Å². The first kappa shape index (κ1) is 14.6. The van der Waals surface area contributed by atoms with Crippen LogP contribution < -0.4 is 5.73 Å². The number of anilines is 1. The first-order valence-corrected chi connectivity index (χ1v) is 7.30. The van der Waals surface area contributed by atoms with E-state index in [9.17, 15) is 4.79 Å². The van der Waals surface area contributed by atoms with Crippen LogP contribution in [0.25, 0.3) is 0 Å². The molecule has 2 heteroatoms. The zero-order valence-corrected chi connectivity index (χ0v) is 12.5. The molecule has 0 amide bonds. The fourth-order valence-corrected chi connectivity index (χ4v) is 2.22. The van der Waals surface area contributed by atoms with Gasteiger partial charge in [0.25, 0.3) is 0 Å². The third-order valence-corrected chi connectivity index (χ3v) is 3.42. The van der Waals surface area contributed by atoms with Gasteiger partial charge in [-0.05, 0) is 48.5 Å². The van der Waals surface area contributed by atoms with Gasteiger partial charge in [-0.2, -0.15) is 0 Å². The maximum Gasteiger partial charge on any atom is 0.193 e. The maximum absolute atomic E-state index is 12.4. The molecule has 23 heavy (non-hydrogen) atoms. The van der Waals surface area contributed by atoms with Gasteiger partial charge in [0.15, 0.2) is 5.78 Å². The van der Waals surface area contributed by atoms with Gasteiger partial charge < -0.3 is 5.73 Å². The van der Waals surface area contributed by atoms with E-state index >= 15 is 0 Å². The summed E-state index contributed by atoms with van der Waals surface area (Å²) in [5.74, 6) is 6.15. The molecule has 0 saturated heterocycles. The minimum Gasteiger partial charge on any atom is -0.399 e. The second kappa shape index (κ2) is 6.64. The molecule has 0 radical (unpaired) electrons. The molecule has 3 aromatic rings. The molecule has 0 atom stereocenters. The van der Waals surface area contributed by atoms with Gasteiger partial charge in [0.1, 0.15) is 0 Å². The Morgan fingerprint density at radius 1 is 0.696 bits per heavy atom. The van der Waals surface area contributed by atoms with Crippen molar-refractivity contribution in [2.24, 2.45) is 0 Å². The fourth-order valence-electron chi connectivity index (χ4n) is 2.22. The molecule has 2 N–H and O–H groups in total. The Bertz CT molecular complexity index is 884. The van der Waals surface area contributed by atoms with E-state index < -0.39 is 0 Å². The molecule has 3 rings (SSSR count). The highest BCUT2D eigenvalue weighted by Gasteiger charge is 2.08. The van der Waals surface area contributed by atoms with Gasteiger partial charge in [-0.3, -0.25) is 4.79 Å². The minimum atomic E-state index is -0.0418.